The minimum Gasteiger partial charge on any atom is -0.497 e. The Kier molecular flexibility index (Phi) is 5.82. The number of carbonyl (C=O) groups excluding carboxylic acids is 1. The van der Waals surface area contributed by atoms with E-state index >= 15 is 0 Å². The highest BCUT2D eigenvalue weighted by atomic mass is 16.5. The van der Waals surface area contributed by atoms with Crippen molar-refractivity contribution >= 4 is 17.0 Å². The Labute approximate surface area is 193 Å². The van der Waals surface area contributed by atoms with E-state index in [4.69, 9.17) is 9.26 Å². The van der Waals surface area contributed by atoms with Crippen LogP contribution in [0.15, 0.2) is 65.2 Å². The van der Waals surface area contributed by atoms with Crippen LogP contribution in [-0.4, -0.2) is 41.1 Å². The fourth-order valence-electron chi connectivity index (χ4n) is 4.63. The minimum atomic E-state index is 0.0220. The first-order chi connectivity index (χ1) is 16.1. The molecule has 0 N–H and O–H groups in total. The van der Waals surface area contributed by atoms with Crippen molar-refractivity contribution in [1.29, 1.82) is 0 Å². The van der Waals surface area contributed by atoms with Gasteiger partial charge in [-0.1, -0.05) is 47.6 Å². The van der Waals surface area contributed by atoms with E-state index in [9.17, 15) is 4.79 Å². The van der Waals surface area contributed by atoms with E-state index in [2.05, 4.69) is 22.3 Å². The van der Waals surface area contributed by atoms with E-state index in [0.29, 0.717) is 28.3 Å². The molecule has 0 unspecified atom stereocenters. The lowest BCUT2D eigenvalue weighted by molar-refractivity contribution is 0.0692. The number of aryl methyl sites for hydroxylation is 1. The van der Waals surface area contributed by atoms with E-state index < -0.39 is 0 Å². The van der Waals surface area contributed by atoms with Crippen molar-refractivity contribution in [2.45, 2.75) is 26.2 Å². The fourth-order valence-corrected chi connectivity index (χ4v) is 4.63. The Bertz CT molecular complexity index is 1260. The number of ether oxygens (including phenoxy) is 1. The molecule has 0 saturated carbocycles. The number of amides is 1. The van der Waals surface area contributed by atoms with Crippen molar-refractivity contribution in [3.63, 3.8) is 0 Å². The first kappa shape index (κ1) is 21.2. The standard InChI is InChI=1S/C27H27N3O3/c1-18-25-23(17-24(28-26(25)33-29-18)21-6-4-3-5-7-21)27(31)30-14-12-20(13-15-30)16-19-8-10-22(32-2)11-9-19/h3-11,17,20H,12-16H2,1-2H3. The van der Waals surface area contributed by atoms with Gasteiger partial charge in [-0.15, -0.1) is 0 Å². The second-order valence-electron chi connectivity index (χ2n) is 8.66. The van der Waals surface area contributed by atoms with Gasteiger partial charge in [-0.3, -0.25) is 4.79 Å². The summed E-state index contributed by atoms with van der Waals surface area (Å²) in [6.45, 7) is 3.34. The third-order valence-electron chi connectivity index (χ3n) is 6.50. The maximum absolute atomic E-state index is 13.6. The maximum Gasteiger partial charge on any atom is 0.259 e. The SMILES string of the molecule is COc1ccc(CC2CCN(C(=O)c3cc(-c4ccccc4)nc4onc(C)c34)CC2)cc1. The van der Waals surface area contributed by atoms with E-state index in [1.807, 2.05) is 60.4 Å². The second kappa shape index (κ2) is 9.06. The summed E-state index contributed by atoms with van der Waals surface area (Å²) in [5, 5.41) is 4.78. The number of fused-ring (bicyclic) bond motifs is 1. The number of hydrogen-bond donors (Lipinski definition) is 0. The van der Waals surface area contributed by atoms with Crippen LogP contribution in [0.1, 0.15) is 34.5 Å². The van der Waals surface area contributed by atoms with Gasteiger partial charge in [-0.2, -0.15) is 0 Å². The van der Waals surface area contributed by atoms with Crippen LogP contribution in [0.4, 0.5) is 0 Å². The zero-order chi connectivity index (χ0) is 22.8. The lowest BCUT2D eigenvalue weighted by Crippen LogP contribution is -2.39. The Morgan fingerprint density at radius 1 is 1.09 bits per heavy atom. The number of carbonyl (C=O) groups is 1. The van der Waals surface area contributed by atoms with E-state index in [1.54, 1.807) is 7.11 Å². The average molecular weight is 442 g/mol. The summed E-state index contributed by atoms with van der Waals surface area (Å²) >= 11 is 0. The van der Waals surface area contributed by atoms with Gasteiger partial charge in [0.25, 0.3) is 11.6 Å². The molecule has 2 aromatic heterocycles. The van der Waals surface area contributed by atoms with Crippen molar-refractivity contribution in [2.24, 2.45) is 5.92 Å². The normalized spacial score (nSPS) is 14.5. The monoisotopic (exact) mass is 441 g/mol. The number of piperidine rings is 1. The predicted octanol–water partition coefficient (Wildman–Crippen LogP) is 5.30. The van der Waals surface area contributed by atoms with Crippen LogP contribution in [0.5, 0.6) is 5.75 Å². The molecule has 0 bridgehead atoms. The van der Waals surface area contributed by atoms with Crippen molar-refractivity contribution in [3.8, 4) is 17.0 Å². The van der Waals surface area contributed by atoms with E-state index in [1.165, 1.54) is 5.56 Å². The Morgan fingerprint density at radius 3 is 2.52 bits per heavy atom. The molecule has 0 atom stereocenters. The largest absolute Gasteiger partial charge is 0.497 e. The molecule has 4 aromatic rings. The van der Waals surface area contributed by atoms with Crippen LogP contribution in [0.25, 0.3) is 22.4 Å². The molecule has 0 aliphatic carbocycles. The molecule has 1 amide bonds. The zero-order valence-corrected chi connectivity index (χ0v) is 19.0. The summed E-state index contributed by atoms with van der Waals surface area (Å²) in [4.78, 5) is 20.2. The number of nitrogens with zero attached hydrogens (tertiary/aromatic N) is 3. The maximum atomic E-state index is 13.6. The van der Waals surface area contributed by atoms with Crippen LogP contribution < -0.4 is 4.74 Å². The summed E-state index contributed by atoms with van der Waals surface area (Å²) < 4.78 is 10.7. The van der Waals surface area contributed by atoms with Gasteiger partial charge in [0.1, 0.15) is 5.75 Å². The number of benzene rings is 2. The van der Waals surface area contributed by atoms with Gasteiger partial charge in [-0.05, 0) is 55.9 Å². The van der Waals surface area contributed by atoms with Crippen LogP contribution in [0.3, 0.4) is 0 Å². The number of methoxy groups -OCH3 is 1. The summed E-state index contributed by atoms with van der Waals surface area (Å²) in [7, 11) is 1.68. The number of rotatable bonds is 5. The molecule has 33 heavy (non-hydrogen) atoms. The lowest BCUT2D eigenvalue weighted by Gasteiger charge is -2.32. The van der Waals surface area contributed by atoms with Gasteiger partial charge in [-0.25, -0.2) is 4.98 Å². The van der Waals surface area contributed by atoms with Crippen molar-refractivity contribution < 1.29 is 14.1 Å². The summed E-state index contributed by atoms with van der Waals surface area (Å²) in [6.07, 6.45) is 2.99. The van der Waals surface area contributed by atoms with Crippen molar-refractivity contribution in [3.05, 3.63) is 77.5 Å². The lowest BCUT2D eigenvalue weighted by atomic mass is 9.90. The smallest absolute Gasteiger partial charge is 0.259 e. The highest BCUT2D eigenvalue weighted by Gasteiger charge is 2.27. The van der Waals surface area contributed by atoms with Crippen LogP contribution in [0.2, 0.25) is 0 Å². The summed E-state index contributed by atoms with van der Waals surface area (Å²) in [6, 6.07) is 20.0. The third-order valence-corrected chi connectivity index (χ3v) is 6.50. The molecule has 6 heteroatoms. The number of likely N-dealkylation sites (tertiary alicyclic amines) is 1. The Hall–Kier alpha value is -3.67. The minimum absolute atomic E-state index is 0.0220. The number of aromatic nitrogens is 2. The van der Waals surface area contributed by atoms with Gasteiger partial charge in [0.2, 0.25) is 0 Å². The van der Waals surface area contributed by atoms with E-state index in [-0.39, 0.29) is 5.91 Å². The zero-order valence-electron chi connectivity index (χ0n) is 19.0. The molecule has 1 fully saturated rings. The predicted molar refractivity (Wildman–Crippen MR) is 127 cm³/mol. The van der Waals surface area contributed by atoms with E-state index in [0.717, 1.165) is 49.4 Å². The van der Waals surface area contributed by atoms with Gasteiger partial charge in [0.05, 0.1) is 29.4 Å². The molecular weight excluding hydrogens is 414 g/mol. The fraction of sp³-hybridized carbons (Fsp3) is 0.296. The third kappa shape index (κ3) is 4.33. The Morgan fingerprint density at radius 2 is 1.82 bits per heavy atom. The molecule has 0 spiro atoms. The molecule has 1 saturated heterocycles. The molecule has 0 radical (unpaired) electrons. The molecule has 6 nitrogen and oxygen atoms in total. The first-order valence-electron chi connectivity index (χ1n) is 11.4. The van der Waals surface area contributed by atoms with Crippen LogP contribution in [-0.2, 0) is 6.42 Å². The summed E-state index contributed by atoms with van der Waals surface area (Å²) in [5.74, 6) is 1.47. The highest BCUT2D eigenvalue weighted by molar-refractivity contribution is 6.07. The second-order valence-corrected chi connectivity index (χ2v) is 8.66. The average Bonchev–Trinajstić information content (AvgIpc) is 3.25. The molecule has 1 aliphatic heterocycles. The van der Waals surface area contributed by atoms with Crippen molar-refractivity contribution in [2.75, 3.05) is 20.2 Å². The van der Waals surface area contributed by atoms with Gasteiger partial charge < -0.3 is 14.2 Å². The summed E-state index contributed by atoms with van der Waals surface area (Å²) in [5.41, 5.74) is 4.69. The molecule has 5 rings (SSSR count). The number of hydrogen-bond acceptors (Lipinski definition) is 5. The molecule has 2 aromatic carbocycles. The molecule has 3 heterocycles. The molecule has 168 valence electrons. The van der Waals surface area contributed by atoms with Crippen LogP contribution >= 0.6 is 0 Å². The molecule has 1 aliphatic rings. The van der Waals surface area contributed by atoms with Gasteiger partial charge in [0, 0.05) is 18.7 Å². The number of pyridine rings is 1. The topological polar surface area (TPSA) is 68.5 Å². The van der Waals surface area contributed by atoms with Crippen molar-refractivity contribution in [1.82, 2.24) is 15.0 Å². The Balaban J connectivity index is 1.34. The van der Waals surface area contributed by atoms with Gasteiger partial charge in [0.15, 0.2) is 0 Å². The van der Waals surface area contributed by atoms with Gasteiger partial charge >= 0.3 is 0 Å². The molecular formula is C27H27N3O3. The first-order valence-corrected chi connectivity index (χ1v) is 11.4. The van der Waals surface area contributed by atoms with Crippen LogP contribution in [0, 0.1) is 12.8 Å². The quantitative estimate of drug-likeness (QED) is 0.420. The highest BCUT2D eigenvalue weighted by Crippen LogP contribution is 2.30.